The van der Waals surface area contributed by atoms with Crippen molar-refractivity contribution in [3.63, 3.8) is 0 Å². The van der Waals surface area contributed by atoms with Gasteiger partial charge in [0.2, 0.25) is 0 Å². The van der Waals surface area contributed by atoms with Gasteiger partial charge in [-0.2, -0.15) is 0 Å². The molecule has 0 amide bonds. The van der Waals surface area contributed by atoms with Crippen molar-refractivity contribution in [3.8, 4) is 5.75 Å². The molecule has 0 saturated carbocycles. The quantitative estimate of drug-likeness (QED) is 0.444. The van der Waals surface area contributed by atoms with Crippen molar-refractivity contribution in [2.75, 3.05) is 6.61 Å². The van der Waals surface area contributed by atoms with Gasteiger partial charge in [-0.15, -0.1) is 0 Å². The molecule has 0 unspecified atom stereocenters. The number of carbonyl (C=O) groups is 1. The molecule has 16 heavy (non-hydrogen) atoms. The number of allylic oxidation sites excluding steroid dienone is 1. The summed E-state index contributed by atoms with van der Waals surface area (Å²) in [5.41, 5.74) is 1.03. The number of benzene rings is 1. The van der Waals surface area contributed by atoms with Crippen LogP contribution in [0.25, 0.3) is 0 Å². The summed E-state index contributed by atoms with van der Waals surface area (Å²) in [5.74, 6) is 0.891. The molecule has 1 aromatic carbocycles. The fraction of sp³-hybridized carbons (Fsp3) is 0.308. The van der Waals surface area contributed by atoms with Crippen LogP contribution in [0, 0.1) is 6.92 Å². The second kappa shape index (κ2) is 5.95. The van der Waals surface area contributed by atoms with Gasteiger partial charge in [-0.3, -0.25) is 0 Å². The Labute approximate surface area is 95.7 Å². The van der Waals surface area contributed by atoms with Gasteiger partial charge in [-0.1, -0.05) is 18.2 Å². The van der Waals surface area contributed by atoms with Crippen LogP contribution in [0.1, 0.15) is 19.4 Å². The highest BCUT2D eigenvalue weighted by Crippen LogP contribution is 2.18. The molecule has 0 heterocycles. The molecule has 0 aliphatic rings. The number of rotatable bonds is 4. The molecular formula is C13H16O3. The predicted molar refractivity (Wildman–Crippen MR) is 62.2 cm³/mol. The van der Waals surface area contributed by atoms with Gasteiger partial charge in [0, 0.05) is 0 Å². The summed E-state index contributed by atoms with van der Waals surface area (Å²) < 4.78 is 10.3. The average Bonchev–Trinajstić information content (AvgIpc) is 2.21. The Morgan fingerprint density at radius 3 is 2.69 bits per heavy atom. The van der Waals surface area contributed by atoms with E-state index in [1.165, 1.54) is 6.08 Å². The molecule has 1 aromatic rings. The maximum Gasteiger partial charge on any atom is 0.334 e. The molecule has 0 bridgehead atoms. The predicted octanol–water partition coefficient (Wildman–Crippen LogP) is 2.84. The van der Waals surface area contributed by atoms with E-state index in [0.717, 1.165) is 11.3 Å². The van der Waals surface area contributed by atoms with E-state index in [-0.39, 0.29) is 5.97 Å². The number of ether oxygens (including phenoxy) is 2. The molecule has 0 saturated heterocycles. The lowest BCUT2D eigenvalue weighted by molar-refractivity contribution is -0.137. The maximum atomic E-state index is 11.1. The molecule has 0 spiro atoms. The van der Waals surface area contributed by atoms with Crippen molar-refractivity contribution in [1.82, 2.24) is 0 Å². The lowest BCUT2D eigenvalue weighted by Gasteiger charge is -2.08. The molecule has 0 N–H and O–H groups in total. The Hall–Kier alpha value is -1.77. The van der Waals surface area contributed by atoms with Crippen LogP contribution in [0.15, 0.2) is 36.1 Å². The molecule has 0 aliphatic carbocycles. The molecule has 1 rings (SSSR count). The molecule has 0 atom stereocenters. The van der Waals surface area contributed by atoms with E-state index in [9.17, 15) is 4.79 Å². The van der Waals surface area contributed by atoms with Crippen molar-refractivity contribution in [1.29, 1.82) is 0 Å². The van der Waals surface area contributed by atoms with Crippen molar-refractivity contribution in [3.05, 3.63) is 41.7 Å². The van der Waals surface area contributed by atoms with E-state index in [1.54, 1.807) is 13.8 Å². The number of hydrogen-bond donors (Lipinski definition) is 0. The van der Waals surface area contributed by atoms with Crippen LogP contribution >= 0.6 is 0 Å². The summed E-state index contributed by atoms with van der Waals surface area (Å²) in [6, 6.07) is 7.64. The van der Waals surface area contributed by atoms with Crippen LogP contribution in [0.4, 0.5) is 0 Å². The first-order chi connectivity index (χ1) is 7.63. The lowest BCUT2D eigenvalue weighted by Crippen LogP contribution is -2.03. The van der Waals surface area contributed by atoms with E-state index < -0.39 is 0 Å². The number of para-hydroxylation sites is 1. The normalized spacial score (nSPS) is 11.1. The van der Waals surface area contributed by atoms with E-state index >= 15 is 0 Å². The van der Waals surface area contributed by atoms with Crippen LogP contribution in [0.3, 0.4) is 0 Å². The van der Waals surface area contributed by atoms with Gasteiger partial charge in [0.15, 0.2) is 0 Å². The minimum absolute atomic E-state index is 0.368. The second-order valence-corrected chi connectivity index (χ2v) is 3.37. The SMILES string of the molecule is CCOC(=O)/C=C(/C)Oc1ccccc1C. The standard InChI is InChI=1S/C13H16O3/c1-4-15-13(14)9-11(3)16-12-8-6-5-7-10(12)2/h5-9H,4H2,1-3H3/b11-9-. The Balaban J connectivity index is 2.67. The van der Waals surface area contributed by atoms with Crippen LogP contribution in [-0.4, -0.2) is 12.6 Å². The first-order valence-corrected chi connectivity index (χ1v) is 5.22. The van der Waals surface area contributed by atoms with Crippen molar-refractivity contribution in [2.24, 2.45) is 0 Å². The minimum atomic E-state index is -0.381. The van der Waals surface area contributed by atoms with E-state index in [1.807, 2.05) is 31.2 Å². The molecule has 3 heteroatoms. The zero-order valence-electron chi connectivity index (χ0n) is 9.82. The molecule has 0 aromatic heterocycles. The molecular weight excluding hydrogens is 204 g/mol. The number of aryl methyl sites for hydroxylation is 1. The van der Waals surface area contributed by atoms with Gasteiger partial charge in [0.05, 0.1) is 12.7 Å². The van der Waals surface area contributed by atoms with Gasteiger partial charge in [-0.05, 0) is 32.4 Å². The van der Waals surface area contributed by atoms with Crippen LogP contribution in [0.5, 0.6) is 5.75 Å². The van der Waals surface area contributed by atoms with E-state index in [2.05, 4.69) is 0 Å². The van der Waals surface area contributed by atoms with Crippen LogP contribution in [-0.2, 0) is 9.53 Å². The smallest absolute Gasteiger partial charge is 0.334 e. The third kappa shape index (κ3) is 3.77. The Morgan fingerprint density at radius 1 is 1.38 bits per heavy atom. The molecule has 86 valence electrons. The van der Waals surface area contributed by atoms with Crippen LogP contribution < -0.4 is 4.74 Å². The van der Waals surface area contributed by atoms with Crippen molar-refractivity contribution >= 4 is 5.97 Å². The summed E-state index contributed by atoms with van der Waals surface area (Å²) in [6.45, 7) is 5.81. The summed E-state index contributed by atoms with van der Waals surface area (Å²) in [6.07, 6.45) is 1.34. The fourth-order valence-corrected chi connectivity index (χ4v) is 1.22. The third-order valence-corrected chi connectivity index (χ3v) is 1.97. The minimum Gasteiger partial charge on any atom is -0.463 e. The largest absolute Gasteiger partial charge is 0.463 e. The van der Waals surface area contributed by atoms with E-state index in [0.29, 0.717) is 12.4 Å². The molecule has 3 nitrogen and oxygen atoms in total. The number of carbonyl (C=O) groups excluding carboxylic acids is 1. The third-order valence-electron chi connectivity index (χ3n) is 1.97. The molecule has 0 fully saturated rings. The van der Waals surface area contributed by atoms with E-state index in [4.69, 9.17) is 9.47 Å². The summed E-state index contributed by atoms with van der Waals surface area (Å²) in [7, 11) is 0. The Kier molecular flexibility index (Phi) is 4.58. The van der Waals surface area contributed by atoms with Crippen LogP contribution in [0.2, 0.25) is 0 Å². The Bertz CT molecular complexity index is 394. The monoisotopic (exact) mass is 220 g/mol. The average molecular weight is 220 g/mol. The highest BCUT2D eigenvalue weighted by Gasteiger charge is 2.02. The topological polar surface area (TPSA) is 35.5 Å². The summed E-state index contributed by atoms with van der Waals surface area (Å²) in [5, 5.41) is 0. The van der Waals surface area contributed by atoms with Gasteiger partial charge in [0.25, 0.3) is 0 Å². The van der Waals surface area contributed by atoms with Gasteiger partial charge in [0.1, 0.15) is 11.5 Å². The molecule has 0 aliphatic heterocycles. The van der Waals surface area contributed by atoms with Gasteiger partial charge >= 0.3 is 5.97 Å². The molecule has 0 radical (unpaired) electrons. The number of esters is 1. The zero-order chi connectivity index (χ0) is 12.0. The summed E-state index contributed by atoms with van der Waals surface area (Å²) in [4.78, 5) is 11.1. The first kappa shape index (κ1) is 12.3. The fourth-order valence-electron chi connectivity index (χ4n) is 1.22. The highest BCUT2D eigenvalue weighted by molar-refractivity contribution is 5.82. The van der Waals surface area contributed by atoms with Crippen molar-refractivity contribution in [2.45, 2.75) is 20.8 Å². The van der Waals surface area contributed by atoms with Gasteiger partial charge in [-0.25, -0.2) is 4.79 Å². The number of hydrogen-bond acceptors (Lipinski definition) is 3. The summed E-state index contributed by atoms with van der Waals surface area (Å²) >= 11 is 0. The zero-order valence-corrected chi connectivity index (χ0v) is 9.82. The Morgan fingerprint density at radius 2 is 2.06 bits per heavy atom. The highest BCUT2D eigenvalue weighted by atomic mass is 16.5. The first-order valence-electron chi connectivity index (χ1n) is 5.22. The lowest BCUT2D eigenvalue weighted by atomic mass is 10.2. The van der Waals surface area contributed by atoms with Crippen molar-refractivity contribution < 1.29 is 14.3 Å². The van der Waals surface area contributed by atoms with Gasteiger partial charge < -0.3 is 9.47 Å². The second-order valence-electron chi connectivity index (χ2n) is 3.37. The maximum absolute atomic E-state index is 11.1.